The summed E-state index contributed by atoms with van der Waals surface area (Å²) in [5.41, 5.74) is 0.715. The predicted octanol–water partition coefficient (Wildman–Crippen LogP) is 1.84. The Morgan fingerprint density at radius 3 is 2.23 bits per heavy atom. The highest BCUT2D eigenvalue weighted by molar-refractivity contribution is 5.27. The van der Waals surface area contributed by atoms with Gasteiger partial charge in [-0.25, -0.2) is 5.90 Å². The number of hydrogen-bond donors (Lipinski definition) is 1. The van der Waals surface area contributed by atoms with Crippen molar-refractivity contribution in [2.75, 3.05) is 6.61 Å². The zero-order valence-electron chi connectivity index (χ0n) is 7.73. The largest absolute Gasteiger partial charge is 0.305 e. The predicted molar refractivity (Wildman–Crippen MR) is 51.6 cm³/mol. The van der Waals surface area contributed by atoms with Crippen LogP contribution in [0, 0.1) is 11.3 Å². The molecule has 70 valence electrons. The Morgan fingerprint density at radius 1 is 1.38 bits per heavy atom. The molecular weight excluding hydrogens is 164 g/mol. The lowest BCUT2D eigenvalue weighted by molar-refractivity contribution is 0.138. The van der Waals surface area contributed by atoms with E-state index < -0.39 is 0 Å². The molecule has 0 fully saturated rings. The van der Waals surface area contributed by atoms with Crippen LogP contribution in [0.15, 0.2) is 30.3 Å². The van der Waals surface area contributed by atoms with Gasteiger partial charge in [0.25, 0.3) is 0 Å². The van der Waals surface area contributed by atoms with Crippen LogP contribution in [0.3, 0.4) is 0 Å². The molecule has 0 spiro atoms. The third-order valence-electron chi connectivity index (χ3n) is 1.22. The molecular formula is C10H14N2O. The Bertz CT molecular complexity index is 239. The maximum atomic E-state index is 8.29. The molecule has 2 N–H and O–H groups in total. The highest BCUT2D eigenvalue weighted by Gasteiger charge is 1.79. The maximum absolute atomic E-state index is 8.29. The highest BCUT2D eigenvalue weighted by Crippen LogP contribution is 1.93. The molecule has 0 aromatic heterocycles. The molecule has 0 saturated carbocycles. The number of nitriles is 1. The molecule has 0 unspecified atom stereocenters. The van der Waals surface area contributed by atoms with Crippen molar-refractivity contribution >= 4 is 0 Å². The van der Waals surface area contributed by atoms with Gasteiger partial charge in [0.2, 0.25) is 0 Å². The SMILES string of the molecule is CCCON.N#Cc1ccccc1. The third-order valence-corrected chi connectivity index (χ3v) is 1.22. The monoisotopic (exact) mass is 178 g/mol. The lowest BCUT2D eigenvalue weighted by atomic mass is 10.2. The summed E-state index contributed by atoms with van der Waals surface area (Å²) >= 11 is 0. The van der Waals surface area contributed by atoms with E-state index in [0.29, 0.717) is 12.2 Å². The fourth-order valence-corrected chi connectivity index (χ4v) is 0.631. The molecule has 1 aromatic carbocycles. The summed E-state index contributed by atoms with van der Waals surface area (Å²) in [6.07, 6.45) is 0.997. The standard InChI is InChI=1S/C7H5N.C3H9NO/c8-6-7-4-2-1-3-5-7;1-2-3-5-4/h1-5H;2-4H2,1H3. The molecule has 0 atom stereocenters. The van der Waals surface area contributed by atoms with Crippen molar-refractivity contribution < 1.29 is 4.84 Å². The van der Waals surface area contributed by atoms with Crippen LogP contribution in [0.25, 0.3) is 0 Å². The van der Waals surface area contributed by atoms with Gasteiger partial charge in [-0.1, -0.05) is 25.1 Å². The number of hydrogen-bond acceptors (Lipinski definition) is 3. The topological polar surface area (TPSA) is 59.0 Å². The molecule has 0 heterocycles. The normalized spacial score (nSPS) is 8.08. The second-order valence-corrected chi connectivity index (χ2v) is 2.35. The smallest absolute Gasteiger partial charge is 0.0991 e. The molecule has 0 amide bonds. The van der Waals surface area contributed by atoms with Crippen LogP contribution in [0.1, 0.15) is 18.9 Å². The van der Waals surface area contributed by atoms with Gasteiger partial charge in [-0.2, -0.15) is 5.26 Å². The van der Waals surface area contributed by atoms with Crippen molar-refractivity contribution in [1.29, 1.82) is 5.26 Å². The van der Waals surface area contributed by atoms with Gasteiger partial charge < -0.3 is 4.84 Å². The van der Waals surface area contributed by atoms with Gasteiger partial charge in [-0.3, -0.25) is 0 Å². The van der Waals surface area contributed by atoms with E-state index in [9.17, 15) is 0 Å². The van der Waals surface area contributed by atoms with E-state index >= 15 is 0 Å². The van der Waals surface area contributed by atoms with Crippen molar-refractivity contribution in [3.05, 3.63) is 35.9 Å². The Morgan fingerprint density at radius 2 is 2.00 bits per heavy atom. The summed E-state index contributed by atoms with van der Waals surface area (Å²) in [7, 11) is 0. The van der Waals surface area contributed by atoms with Gasteiger partial charge in [0, 0.05) is 0 Å². The van der Waals surface area contributed by atoms with E-state index in [0.717, 1.165) is 6.42 Å². The summed E-state index contributed by atoms with van der Waals surface area (Å²) < 4.78 is 0. The van der Waals surface area contributed by atoms with Crippen LogP contribution < -0.4 is 5.90 Å². The number of nitrogens with two attached hydrogens (primary N) is 1. The summed E-state index contributed by atoms with van der Waals surface area (Å²) in [6.45, 7) is 2.67. The van der Waals surface area contributed by atoms with Crippen molar-refractivity contribution in [2.45, 2.75) is 13.3 Å². The minimum atomic E-state index is 0.667. The van der Waals surface area contributed by atoms with Crippen molar-refractivity contribution in [1.82, 2.24) is 0 Å². The van der Waals surface area contributed by atoms with Gasteiger partial charge in [0.15, 0.2) is 0 Å². The lowest BCUT2D eigenvalue weighted by Crippen LogP contribution is -1.97. The Hall–Kier alpha value is -1.37. The van der Waals surface area contributed by atoms with Crippen LogP contribution in [0.5, 0.6) is 0 Å². The molecule has 0 aliphatic heterocycles. The second kappa shape index (κ2) is 8.72. The van der Waals surface area contributed by atoms with Gasteiger partial charge >= 0.3 is 0 Å². The molecule has 0 aliphatic rings. The minimum absolute atomic E-state index is 0.667. The van der Waals surface area contributed by atoms with Gasteiger partial charge in [0.05, 0.1) is 18.2 Å². The molecule has 13 heavy (non-hydrogen) atoms. The van der Waals surface area contributed by atoms with Crippen LogP contribution in [-0.2, 0) is 4.84 Å². The summed E-state index contributed by atoms with van der Waals surface area (Å²) in [5.74, 6) is 4.64. The zero-order chi connectivity index (χ0) is 9.94. The summed E-state index contributed by atoms with van der Waals surface area (Å²) in [5, 5.41) is 8.29. The fraction of sp³-hybridized carbons (Fsp3) is 0.300. The average molecular weight is 178 g/mol. The molecule has 0 saturated heterocycles. The average Bonchev–Trinajstić information content (AvgIpc) is 2.21. The highest BCUT2D eigenvalue weighted by atomic mass is 16.6. The van der Waals surface area contributed by atoms with Crippen LogP contribution in [0.4, 0.5) is 0 Å². The summed E-state index contributed by atoms with van der Waals surface area (Å²) in [6, 6.07) is 11.2. The van der Waals surface area contributed by atoms with Crippen molar-refractivity contribution in [2.24, 2.45) is 5.90 Å². The van der Waals surface area contributed by atoms with Gasteiger partial charge in [0.1, 0.15) is 0 Å². The lowest BCUT2D eigenvalue weighted by Gasteiger charge is -1.83. The molecule has 1 rings (SSSR count). The van der Waals surface area contributed by atoms with Gasteiger partial charge in [-0.05, 0) is 18.6 Å². The van der Waals surface area contributed by atoms with E-state index in [4.69, 9.17) is 5.26 Å². The zero-order valence-corrected chi connectivity index (χ0v) is 7.73. The number of rotatable bonds is 2. The number of nitrogens with zero attached hydrogens (tertiary/aromatic N) is 1. The molecule has 3 nitrogen and oxygen atoms in total. The molecule has 0 bridgehead atoms. The molecule has 0 radical (unpaired) electrons. The van der Waals surface area contributed by atoms with Crippen LogP contribution >= 0.6 is 0 Å². The Labute approximate surface area is 78.7 Å². The maximum Gasteiger partial charge on any atom is 0.0991 e. The van der Waals surface area contributed by atoms with E-state index in [1.165, 1.54) is 0 Å². The summed E-state index contributed by atoms with van der Waals surface area (Å²) in [4.78, 5) is 4.19. The van der Waals surface area contributed by atoms with E-state index in [1.54, 1.807) is 12.1 Å². The van der Waals surface area contributed by atoms with E-state index in [-0.39, 0.29) is 0 Å². The molecule has 1 aromatic rings. The Balaban J connectivity index is 0.000000252. The first-order valence-corrected chi connectivity index (χ1v) is 4.12. The Kier molecular flexibility index (Phi) is 7.80. The van der Waals surface area contributed by atoms with E-state index in [2.05, 4.69) is 10.7 Å². The van der Waals surface area contributed by atoms with Gasteiger partial charge in [-0.15, -0.1) is 0 Å². The first kappa shape index (κ1) is 11.6. The quantitative estimate of drug-likeness (QED) is 0.703. The second-order valence-electron chi connectivity index (χ2n) is 2.35. The molecule has 0 aliphatic carbocycles. The van der Waals surface area contributed by atoms with E-state index in [1.807, 2.05) is 31.2 Å². The third kappa shape index (κ3) is 7.01. The van der Waals surface area contributed by atoms with Crippen LogP contribution in [0.2, 0.25) is 0 Å². The molecule has 3 heteroatoms. The van der Waals surface area contributed by atoms with Crippen molar-refractivity contribution in [3.63, 3.8) is 0 Å². The first-order chi connectivity index (χ1) is 6.35. The van der Waals surface area contributed by atoms with Crippen LogP contribution in [-0.4, -0.2) is 6.61 Å². The fourth-order valence-electron chi connectivity index (χ4n) is 0.631. The first-order valence-electron chi connectivity index (χ1n) is 4.12. The number of benzene rings is 1. The van der Waals surface area contributed by atoms with Crippen molar-refractivity contribution in [3.8, 4) is 6.07 Å². The minimum Gasteiger partial charge on any atom is -0.305 e.